The van der Waals surface area contributed by atoms with Gasteiger partial charge in [-0.2, -0.15) is 0 Å². The Morgan fingerprint density at radius 2 is 1.65 bits per heavy atom. The van der Waals surface area contributed by atoms with E-state index in [1.54, 1.807) is 29.2 Å². The van der Waals surface area contributed by atoms with Gasteiger partial charge in [0.25, 0.3) is 5.91 Å². The number of ketones is 1. The number of carbonyl (C=O) groups excluding carboxylic acids is 3. The van der Waals surface area contributed by atoms with E-state index in [9.17, 15) is 14.4 Å². The van der Waals surface area contributed by atoms with Crippen molar-refractivity contribution in [3.63, 3.8) is 0 Å². The molecule has 0 radical (unpaired) electrons. The highest BCUT2D eigenvalue weighted by molar-refractivity contribution is 5.98. The number of hydrogen-bond acceptors (Lipinski definition) is 4. The number of fused-ring (bicyclic) bond motifs is 1. The molecule has 3 rings (SSSR count). The molecule has 5 nitrogen and oxygen atoms in total. The van der Waals surface area contributed by atoms with E-state index >= 15 is 0 Å². The molecule has 1 amide bonds. The number of para-hydroxylation sites is 1. The van der Waals surface area contributed by atoms with Gasteiger partial charge in [0, 0.05) is 24.2 Å². The van der Waals surface area contributed by atoms with E-state index < -0.39 is 5.97 Å². The summed E-state index contributed by atoms with van der Waals surface area (Å²) in [4.78, 5) is 37.9. The molecule has 0 bridgehead atoms. The third kappa shape index (κ3) is 4.36. The number of anilines is 1. The zero-order valence-electron chi connectivity index (χ0n) is 14.5. The van der Waals surface area contributed by atoms with Crippen LogP contribution < -0.4 is 4.90 Å². The molecule has 0 spiro atoms. The summed E-state index contributed by atoms with van der Waals surface area (Å²) in [6.07, 6.45) is 1.88. The van der Waals surface area contributed by atoms with Gasteiger partial charge in [-0.3, -0.25) is 14.4 Å². The van der Waals surface area contributed by atoms with E-state index in [4.69, 9.17) is 4.74 Å². The highest BCUT2D eigenvalue weighted by Gasteiger charge is 2.23. The van der Waals surface area contributed by atoms with E-state index in [-0.39, 0.29) is 31.1 Å². The van der Waals surface area contributed by atoms with Crippen molar-refractivity contribution in [2.24, 2.45) is 0 Å². The number of hydrogen-bond donors (Lipinski definition) is 0. The number of ether oxygens (including phenoxy) is 1. The van der Waals surface area contributed by atoms with Gasteiger partial charge in [0.2, 0.25) is 0 Å². The van der Waals surface area contributed by atoms with E-state index in [2.05, 4.69) is 0 Å². The number of amides is 1. The van der Waals surface area contributed by atoms with Crippen molar-refractivity contribution in [1.82, 2.24) is 0 Å². The van der Waals surface area contributed by atoms with Gasteiger partial charge in [0.15, 0.2) is 12.4 Å². The number of Topliss-reactive ketones (excluding diaryl/α,β-unsaturated/α-hetero) is 1. The zero-order valence-corrected chi connectivity index (χ0v) is 14.5. The molecule has 0 unspecified atom stereocenters. The number of esters is 1. The quantitative estimate of drug-likeness (QED) is 0.592. The van der Waals surface area contributed by atoms with Crippen molar-refractivity contribution in [1.29, 1.82) is 0 Å². The van der Waals surface area contributed by atoms with Gasteiger partial charge in [0.1, 0.15) is 0 Å². The van der Waals surface area contributed by atoms with Gasteiger partial charge >= 0.3 is 5.97 Å². The van der Waals surface area contributed by atoms with Gasteiger partial charge in [-0.15, -0.1) is 0 Å². The molecule has 26 heavy (non-hydrogen) atoms. The molecule has 5 heteroatoms. The average molecular weight is 351 g/mol. The Balaban J connectivity index is 1.48. The van der Waals surface area contributed by atoms with Gasteiger partial charge in [-0.1, -0.05) is 48.5 Å². The molecule has 0 atom stereocenters. The van der Waals surface area contributed by atoms with Gasteiger partial charge in [-0.05, 0) is 24.5 Å². The first-order valence-electron chi connectivity index (χ1n) is 8.77. The van der Waals surface area contributed by atoms with Crippen LogP contribution in [0.15, 0.2) is 54.6 Å². The molecule has 0 aliphatic carbocycles. The van der Waals surface area contributed by atoms with Crippen molar-refractivity contribution in [2.75, 3.05) is 18.1 Å². The van der Waals surface area contributed by atoms with E-state index in [0.29, 0.717) is 12.1 Å². The smallest absolute Gasteiger partial charge is 0.306 e. The van der Waals surface area contributed by atoms with Crippen LogP contribution in [-0.2, 0) is 20.7 Å². The number of aryl methyl sites for hydroxylation is 1. The first-order valence-corrected chi connectivity index (χ1v) is 8.77. The first kappa shape index (κ1) is 17.9. The Morgan fingerprint density at radius 3 is 2.46 bits per heavy atom. The summed E-state index contributed by atoms with van der Waals surface area (Å²) in [5.41, 5.74) is 2.59. The van der Waals surface area contributed by atoms with Crippen molar-refractivity contribution >= 4 is 23.3 Å². The Morgan fingerprint density at radius 1 is 0.923 bits per heavy atom. The third-order valence-electron chi connectivity index (χ3n) is 4.42. The molecule has 0 saturated carbocycles. The number of carbonyl (C=O) groups is 3. The summed E-state index contributed by atoms with van der Waals surface area (Å²) < 4.78 is 5.08. The largest absolute Gasteiger partial charge is 0.456 e. The van der Waals surface area contributed by atoms with Crippen LogP contribution in [0.1, 0.15) is 35.2 Å². The summed E-state index contributed by atoms with van der Waals surface area (Å²) in [7, 11) is 0. The highest BCUT2D eigenvalue weighted by Crippen LogP contribution is 2.26. The molecule has 1 heterocycles. The number of rotatable bonds is 6. The summed E-state index contributed by atoms with van der Waals surface area (Å²) in [6, 6.07) is 16.6. The molecule has 2 aromatic rings. The predicted molar refractivity (Wildman–Crippen MR) is 98.1 cm³/mol. The fraction of sp³-hybridized carbons (Fsp3) is 0.286. The van der Waals surface area contributed by atoms with Crippen LogP contribution in [0, 0.1) is 0 Å². The van der Waals surface area contributed by atoms with Crippen LogP contribution in [0.2, 0.25) is 0 Å². The SMILES string of the molecule is O=C(CCC(=O)c1ccccc1)OCC(=O)N1CCCc2ccccc21. The molecule has 134 valence electrons. The minimum absolute atomic E-state index is 0.0302. The number of benzene rings is 2. The summed E-state index contributed by atoms with van der Waals surface area (Å²) >= 11 is 0. The maximum absolute atomic E-state index is 12.4. The van der Waals surface area contributed by atoms with E-state index in [0.717, 1.165) is 24.1 Å². The summed E-state index contributed by atoms with van der Waals surface area (Å²) in [5, 5.41) is 0. The van der Waals surface area contributed by atoms with Crippen LogP contribution >= 0.6 is 0 Å². The van der Waals surface area contributed by atoms with Gasteiger partial charge in [-0.25, -0.2) is 0 Å². The van der Waals surface area contributed by atoms with Crippen molar-refractivity contribution < 1.29 is 19.1 Å². The fourth-order valence-electron chi connectivity index (χ4n) is 3.07. The standard InChI is InChI=1S/C21H21NO4/c23-19(17-8-2-1-3-9-17)12-13-21(25)26-15-20(24)22-14-6-10-16-7-4-5-11-18(16)22/h1-5,7-9,11H,6,10,12-15H2. The minimum atomic E-state index is -0.534. The molecular weight excluding hydrogens is 330 g/mol. The highest BCUT2D eigenvalue weighted by atomic mass is 16.5. The Hall–Kier alpha value is -2.95. The molecule has 2 aromatic carbocycles. The van der Waals surface area contributed by atoms with Crippen LogP contribution in [0.4, 0.5) is 5.69 Å². The van der Waals surface area contributed by atoms with Crippen LogP contribution in [-0.4, -0.2) is 30.8 Å². The number of nitrogens with zero attached hydrogens (tertiary/aromatic N) is 1. The monoisotopic (exact) mass is 351 g/mol. The minimum Gasteiger partial charge on any atom is -0.456 e. The molecule has 0 N–H and O–H groups in total. The lowest BCUT2D eigenvalue weighted by Crippen LogP contribution is -2.38. The maximum atomic E-state index is 12.4. The van der Waals surface area contributed by atoms with Crippen LogP contribution in [0.3, 0.4) is 0 Å². The molecule has 0 fully saturated rings. The molecule has 0 aromatic heterocycles. The molecular formula is C21H21NO4. The van der Waals surface area contributed by atoms with Crippen LogP contribution in [0.25, 0.3) is 0 Å². The zero-order chi connectivity index (χ0) is 18.4. The lowest BCUT2D eigenvalue weighted by molar-refractivity contribution is -0.147. The van der Waals surface area contributed by atoms with Crippen molar-refractivity contribution in [3.8, 4) is 0 Å². The lowest BCUT2D eigenvalue weighted by atomic mass is 10.0. The summed E-state index contributed by atoms with van der Waals surface area (Å²) in [6.45, 7) is 0.326. The molecule has 1 aliphatic heterocycles. The van der Waals surface area contributed by atoms with Gasteiger partial charge in [0.05, 0.1) is 6.42 Å². The molecule has 0 saturated heterocycles. The topological polar surface area (TPSA) is 63.7 Å². The van der Waals surface area contributed by atoms with Crippen LogP contribution in [0.5, 0.6) is 0 Å². The predicted octanol–water partition coefficient (Wildman–Crippen LogP) is 3.17. The Bertz CT molecular complexity index is 801. The second-order valence-corrected chi connectivity index (χ2v) is 6.23. The fourth-order valence-corrected chi connectivity index (χ4v) is 3.07. The summed E-state index contributed by atoms with van der Waals surface area (Å²) in [5.74, 6) is -0.883. The maximum Gasteiger partial charge on any atom is 0.306 e. The average Bonchev–Trinajstić information content (AvgIpc) is 2.70. The third-order valence-corrected chi connectivity index (χ3v) is 4.42. The lowest BCUT2D eigenvalue weighted by Gasteiger charge is -2.29. The molecule has 1 aliphatic rings. The Labute approximate surface area is 152 Å². The second-order valence-electron chi connectivity index (χ2n) is 6.23. The first-order chi connectivity index (χ1) is 12.6. The Kier molecular flexibility index (Phi) is 5.79. The normalized spacial score (nSPS) is 13.0. The second kappa shape index (κ2) is 8.43. The van der Waals surface area contributed by atoms with E-state index in [1.807, 2.05) is 30.3 Å². The van der Waals surface area contributed by atoms with Crippen molar-refractivity contribution in [2.45, 2.75) is 25.7 Å². The van der Waals surface area contributed by atoms with Gasteiger partial charge < -0.3 is 9.64 Å². The van der Waals surface area contributed by atoms with Crippen molar-refractivity contribution in [3.05, 3.63) is 65.7 Å². The van der Waals surface area contributed by atoms with E-state index in [1.165, 1.54) is 0 Å².